The van der Waals surface area contributed by atoms with Crippen molar-refractivity contribution in [2.24, 2.45) is 0 Å². The Labute approximate surface area is 157 Å². The molecule has 3 heterocycles. The van der Waals surface area contributed by atoms with Crippen molar-refractivity contribution in [1.82, 2.24) is 24.8 Å². The number of hydrazine groups is 1. The zero-order chi connectivity index (χ0) is 18.4. The van der Waals surface area contributed by atoms with Gasteiger partial charge in [0.1, 0.15) is 0 Å². The Bertz CT molecular complexity index is 1130. The fourth-order valence-electron chi connectivity index (χ4n) is 3.97. The molecule has 0 radical (unpaired) electrons. The highest BCUT2D eigenvalue weighted by molar-refractivity contribution is 5.87. The molecule has 1 aliphatic heterocycles. The van der Waals surface area contributed by atoms with Crippen LogP contribution in [0.2, 0.25) is 0 Å². The van der Waals surface area contributed by atoms with Crippen LogP contribution in [0.4, 0.5) is 11.5 Å². The van der Waals surface area contributed by atoms with Gasteiger partial charge in [0.15, 0.2) is 11.5 Å². The van der Waals surface area contributed by atoms with Crippen molar-refractivity contribution in [2.45, 2.75) is 12.3 Å². The standard InChI is InChI=1S/C21H22N6/c1-21(13-24-26(2)14-21)18-12-23-20-19(22-9-10-27(18)20)25-17-8-7-15-5-3-4-6-16(15)11-17/h3-12,24H,13-14H2,1-2H3,(H,22,25). The second kappa shape index (κ2) is 6.04. The van der Waals surface area contributed by atoms with Gasteiger partial charge in [-0.15, -0.1) is 0 Å². The molecule has 2 aromatic carbocycles. The first kappa shape index (κ1) is 16.2. The molecular formula is C21H22N6. The molecule has 6 nitrogen and oxygen atoms in total. The Hall–Kier alpha value is -2.96. The number of nitrogens with one attached hydrogen (secondary N) is 2. The van der Waals surface area contributed by atoms with E-state index in [1.54, 1.807) is 0 Å². The Morgan fingerprint density at radius 1 is 1.11 bits per heavy atom. The van der Waals surface area contributed by atoms with Gasteiger partial charge in [0.2, 0.25) is 0 Å². The third kappa shape index (κ3) is 2.74. The molecule has 27 heavy (non-hydrogen) atoms. The van der Waals surface area contributed by atoms with Crippen molar-refractivity contribution in [2.75, 3.05) is 25.5 Å². The molecule has 0 amide bonds. The van der Waals surface area contributed by atoms with Crippen LogP contribution in [-0.2, 0) is 5.41 Å². The molecule has 136 valence electrons. The SMILES string of the molecule is CN1CC(C)(c2cnc3c(Nc4ccc5ccccc5c4)nccn23)CN1. The van der Waals surface area contributed by atoms with Crippen LogP contribution in [0, 0.1) is 0 Å². The summed E-state index contributed by atoms with van der Waals surface area (Å²) in [6.07, 6.45) is 5.80. The first-order valence-electron chi connectivity index (χ1n) is 9.15. The molecule has 5 rings (SSSR count). The highest BCUT2D eigenvalue weighted by Gasteiger charge is 2.36. The number of likely N-dealkylation sites (N-methyl/N-ethyl adjacent to an activating group) is 1. The van der Waals surface area contributed by atoms with Gasteiger partial charge in [0, 0.05) is 49.8 Å². The Morgan fingerprint density at radius 2 is 1.96 bits per heavy atom. The highest BCUT2D eigenvalue weighted by Crippen LogP contribution is 2.30. The van der Waals surface area contributed by atoms with E-state index in [-0.39, 0.29) is 5.41 Å². The number of hydrogen-bond acceptors (Lipinski definition) is 5. The summed E-state index contributed by atoms with van der Waals surface area (Å²) in [4.78, 5) is 9.22. The number of nitrogens with zero attached hydrogens (tertiary/aromatic N) is 4. The summed E-state index contributed by atoms with van der Waals surface area (Å²) in [6.45, 7) is 4.10. The number of benzene rings is 2. The monoisotopic (exact) mass is 358 g/mol. The summed E-state index contributed by atoms with van der Waals surface area (Å²) >= 11 is 0. The molecule has 0 bridgehead atoms. The smallest absolute Gasteiger partial charge is 0.180 e. The maximum absolute atomic E-state index is 4.68. The molecule has 6 heteroatoms. The van der Waals surface area contributed by atoms with E-state index in [1.165, 1.54) is 16.5 Å². The van der Waals surface area contributed by atoms with Gasteiger partial charge in [-0.3, -0.25) is 9.83 Å². The van der Waals surface area contributed by atoms with Gasteiger partial charge in [-0.25, -0.2) is 15.0 Å². The van der Waals surface area contributed by atoms with Gasteiger partial charge in [-0.1, -0.05) is 37.3 Å². The zero-order valence-electron chi connectivity index (χ0n) is 15.5. The van der Waals surface area contributed by atoms with Crippen molar-refractivity contribution < 1.29 is 0 Å². The second-order valence-electron chi connectivity index (χ2n) is 7.55. The number of anilines is 2. The summed E-state index contributed by atoms with van der Waals surface area (Å²) in [5.41, 5.74) is 6.45. The van der Waals surface area contributed by atoms with E-state index >= 15 is 0 Å². The molecule has 1 unspecified atom stereocenters. The summed E-state index contributed by atoms with van der Waals surface area (Å²) in [7, 11) is 2.07. The van der Waals surface area contributed by atoms with Crippen molar-refractivity contribution in [1.29, 1.82) is 0 Å². The lowest BCUT2D eigenvalue weighted by molar-refractivity contribution is 0.305. The lowest BCUT2D eigenvalue weighted by Crippen LogP contribution is -2.29. The van der Waals surface area contributed by atoms with Crippen LogP contribution in [0.3, 0.4) is 0 Å². The maximum Gasteiger partial charge on any atom is 0.180 e. The molecule has 0 aliphatic carbocycles. The van der Waals surface area contributed by atoms with E-state index in [2.05, 4.69) is 86.6 Å². The van der Waals surface area contributed by atoms with E-state index in [1.807, 2.05) is 18.6 Å². The normalized spacial score (nSPS) is 20.5. The first-order chi connectivity index (χ1) is 13.1. The fourth-order valence-corrected chi connectivity index (χ4v) is 3.97. The van der Waals surface area contributed by atoms with Gasteiger partial charge in [0.25, 0.3) is 0 Å². The molecule has 1 saturated heterocycles. The predicted octanol–water partition coefficient (Wildman–Crippen LogP) is 3.33. The summed E-state index contributed by atoms with van der Waals surface area (Å²) in [6, 6.07) is 14.7. The molecule has 4 aromatic rings. The van der Waals surface area contributed by atoms with Crippen LogP contribution in [0.25, 0.3) is 16.4 Å². The van der Waals surface area contributed by atoms with E-state index in [0.717, 1.165) is 30.2 Å². The largest absolute Gasteiger partial charge is 0.337 e. The van der Waals surface area contributed by atoms with Crippen LogP contribution in [0.15, 0.2) is 61.1 Å². The third-order valence-electron chi connectivity index (χ3n) is 5.38. The number of imidazole rings is 1. The second-order valence-corrected chi connectivity index (χ2v) is 7.55. The molecule has 1 fully saturated rings. The van der Waals surface area contributed by atoms with Crippen molar-refractivity contribution >= 4 is 27.9 Å². The number of aromatic nitrogens is 3. The van der Waals surface area contributed by atoms with Gasteiger partial charge in [0.05, 0.1) is 5.69 Å². The van der Waals surface area contributed by atoms with E-state index in [0.29, 0.717) is 0 Å². The molecule has 0 spiro atoms. The topological polar surface area (TPSA) is 57.5 Å². The first-order valence-corrected chi connectivity index (χ1v) is 9.15. The van der Waals surface area contributed by atoms with Crippen molar-refractivity contribution in [3.63, 3.8) is 0 Å². The van der Waals surface area contributed by atoms with Crippen LogP contribution >= 0.6 is 0 Å². The molecule has 0 saturated carbocycles. The Kier molecular flexibility index (Phi) is 3.63. The molecule has 1 aliphatic rings. The van der Waals surface area contributed by atoms with Gasteiger partial charge >= 0.3 is 0 Å². The molecule has 1 atom stereocenters. The van der Waals surface area contributed by atoms with Crippen LogP contribution in [0.5, 0.6) is 0 Å². The van der Waals surface area contributed by atoms with E-state index in [4.69, 9.17) is 0 Å². The highest BCUT2D eigenvalue weighted by atomic mass is 15.5. The van der Waals surface area contributed by atoms with Crippen LogP contribution in [0.1, 0.15) is 12.6 Å². The van der Waals surface area contributed by atoms with Gasteiger partial charge in [-0.05, 0) is 22.9 Å². The van der Waals surface area contributed by atoms with E-state index in [9.17, 15) is 0 Å². The molecule has 2 aromatic heterocycles. The van der Waals surface area contributed by atoms with E-state index < -0.39 is 0 Å². The predicted molar refractivity (Wildman–Crippen MR) is 108 cm³/mol. The minimum absolute atomic E-state index is 0.00966. The maximum atomic E-state index is 4.68. The third-order valence-corrected chi connectivity index (χ3v) is 5.38. The minimum atomic E-state index is 0.00966. The fraction of sp³-hybridized carbons (Fsp3) is 0.238. The molecular weight excluding hydrogens is 336 g/mol. The zero-order valence-corrected chi connectivity index (χ0v) is 15.5. The average Bonchev–Trinajstić information content (AvgIpc) is 3.26. The summed E-state index contributed by atoms with van der Waals surface area (Å²) in [5.74, 6) is 0.766. The molecule has 2 N–H and O–H groups in total. The average molecular weight is 358 g/mol. The van der Waals surface area contributed by atoms with Crippen LogP contribution < -0.4 is 10.7 Å². The Balaban J connectivity index is 1.54. The minimum Gasteiger partial charge on any atom is -0.337 e. The lowest BCUT2D eigenvalue weighted by atomic mass is 9.88. The van der Waals surface area contributed by atoms with Crippen LogP contribution in [-0.4, -0.2) is 39.5 Å². The number of fused-ring (bicyclic) bond motifs is 2. The van der Waals surface area contributed by atoms with Crippen molar-refractivity contribution in [3.05, 3.63) is 66.7 Å². The number of hydrogen-bond donors (Lipinski definition) is 2. The lowest BCUT2D eigenvalue weighted by Gasteiger charge is -2.22. The van der Waals surface area contributed by atoms with Gasteiger partial charge in [-0.2, -0.15) is 0 Å². The summed E-state index contributed by atoms with van der Waals surface area (Å²) in [5, 5.41) is 8.00. The van der Waals surface area contributed by atoms with Gasteiger partial charge < -0.3 is 5.32 Å². The summed E-state index contributed by atoms with van der Waals surface area (Å²) < 4.78 is 2.15. The van der Waals surface area contributed by atoms with Crippen molar-refractivity contribution in [3.8, 4) is 0 Å². The quantitative estimate of drug-likeness (QED) is 0.588. The number of rotatable bonds is 3. The Morgan fingerprint density at radius 3 is 2.78 bits per heavy atom.